The third kappa shape index (κ3) is 5.78. The second kappa shape index (κ2) is 10.9. The van der Waals surface area contributed by atoms with E-state index in [1.54, 1.807) is 6.20 Å². The van der Waals surface area contributed by atoms with Gasteiger partial charge in [0.25, 0.3) is 5.91 Å². The molecule has 0 fully saturated rings. The SMILES string of the molecule is CC(=O)[C@H](Cc1ccccc1)NC(=O)CN1C(=O)[C@H](C(C)C)N(C(C)=O)C=C1c1ccccc1. The predicted molar refractivity (Wildman–Crippen MR) is 130 cm³/mol. The number of amides is 3. The van der Waals surface area contributed by atoms with Crippen molar-refractivity contribution in [3.63, 3.8) is 0 Å². The van der Waals surface area contributed by atoms with Gasteiger partial charge >= 0.3 is 0 Å². The van der Waals surface area contributed by atoms with Crippen LogP contribution in [0.2, 0.25) is 0 Å². The minimum Gasteiger partial charge on any atom is -0.344 e. The second-order valence-corrected chi connectivity index (χ2v) is 8.84. The van der Waals surface area contributed by atoms with Gasteiger partial charge in [0, 0.05) is 13.1 Å². The Morgan fingerprint density at radius 3 is 2.06 bits per heavy atom. The summed E-state index contributed by atoms with van der Waals surface area (Å²) in [6, 6.07) is 17.2. The highest BCUT2D eigenvalue weighted by atomic mass is 16.2. The number of hydrogen-bond acceptors (Lipinski definition) is 4. The summed E-state index contributed by atoms with van der Waals surface area (Å²) in [7, 11) is 0. The fourth-order valence-corrected chi connectivity index (χ4v) is 4.10. The lowest BCUT2D eigenvalue weighted by molar-refractivity contribution is -0.145. The number of rotatable bonds is 8. The van der Waals surface area contributed by atoms with E-state index in [4.69, 9.17) is 0 Å². The Kier molecular flexibility index (Phi) is 7.99. The van der Waals surface area contributed by atoms with Crippen molar-refractivity contribution < 1.29 is 19.2 Å². The third-order valence-electron chi connectivity index (χ3n) is 5.85. The Morgan fingerprint density at radius 2 is 1.53 bits per heavy atom. The quantitative estimate of drug-likeness (QED) is 0.655. The Labute approximate surface area is 200 Å². The first-order valence-corrected chi connectivity index (χ1v) is 11.4. The lowest BCUT2D eigenvalue weighted by Crippen LogP contribution is -2.56. The van der Waals surface area contributed by atoms with Crippen LogP contribution in [-0.4, -0.2) is 51.9 Å². The average molecular weight is 462 g/mol. The highest BCUT2D eigenvalue weighted by molar-refractivity contribution is 6.00. The molecule has 1 N–H and O–H groups in total. The van der Waals surface area contributed by atoms with Gasteiger partial charge in [-0.3, -0.25) is 24.1 Å². The van der Waals surface area contributed by atoms with Crippen LogP contribution in [-0.2, 0) is 25.6 Å². The molecule has 0 saturated carbocycles. The van der Waals surface area contributed by atoms with Crippen molar-refractivity contribution in [3.8, 4) is 0 Å². The number of ketones is 1. The van der Waals surface area contributed by atoms with Gasteiger partial charge in [-0.15, -0.1) is 0 Å². The molecule has 2 aromatic carbocycles. The average Bonchev–Trinajstić information content (AvgIpc) is 2.80. The van der Waals surface area contributed by atoms with Crippen molar-refractivity contribution in [2.24, 2.45) is 5.92 Å². The molecule has 3 rings (SSSR count). The van der Waals surface area contributed by atoms with Gasteiger partial charge in [-0.2, -0.15) is 0 Å². The largest absolute Gasteiger partial charge is 0.344 e. The number of hydrogen-bond donors (Lipinski definition) is 1. The van der Waals surface area contributed by atoms with E-state index in [2.05, 4.69) is 5.32 Å². The van der Waals surface area contributed by atoms with Gasteiger partial charge in [-0.1, -0.05) is 74.5 Å². The first kappa shape index (κ1) is 24.9. The van der Waals surface area contributed by atoms with Crippen LogP contribution < -0.4 is 5.32 Å². The minimum atomic E-state index is -0.717. The normalized spacial score (nSPS) is 16.8. The van der Waals surface area contributed by atoms with Crippen molar-refractivity contribution in [1.29, 1.82) is 0 Å². The third-order valence-corrected chi connectivity index (χ3v) is 5.85. The first-order valence-electron chi connectivity index (χ1n) is 11.4. The molecule has 1 aliphatic rings. The summed E-state index contributed by atoms with van der Waals surface area (Å²) in [4.78, 5) is 54.1. The molecule has 7 nitrogen and oxygen atoms in total. The van der Waals surface area contributed by atoms with Gasteiger partial charge < -0.3 is 10.2 Å². The summed E-state index contributed by atoms with van der Waals surface area (Å²) in [6.45, 7) is 6.33. The van der Waals surface area contributed by atoms with E-state index in [9.17, 15) is 19.2 Å². The monoisotopic (exact) mass is 461 g/mol. The van der Waals surface area contributed by atoms with Crippen LogP contribution in [0.4, 0.5) is 0 Å². The van der Waals surface area contributed by atoms with Crippen molar-refractivity contribution in [1.82, 2.24) is 15.1 Å². The molecule has 0 saturated heterocycles. The molecular formula is C27H31N3O4. The predicted octanol–water partition coefficient (Wildman–Crippen LogP) is 3.02. The van der Waals surface area contributed by atoms with E-state index in [0.717, 1.165) is 5.56 Å². The van der Waals surface area contributed by atoms with Crippen LogP contribution in [0.15, 0.2) is 66.9 Å². The lowest BCUT2D eigenvalue weighted by Gasteiger charge is -2.40. The highest BCUT2D eigenvalue weighted by Gasteiger charge is 2.40. The van der Waals surface area contributed by atoms with Crippen LogP contribution in [0.1, 0.15) is 38.8 Å². The Hall–Kier alpha value is -3.74. The van der Waals surface area contributed by atoms with Crippen molar-refractivity contribution in [2.75, 3.05) is 6.54 Å². The van der Waals surface area contributed by atoms with E-state index in [-0.39, 0.29) is 30.1 Å². The molecule has 178 valence electrons. The maximum absolute atomic E-state index is 13.6. The Bertz CT molecular complexity index is 1080. The number of carbonyl (C=O) groups is 4. The molecule has 0 bridgehead atoms. The van der Waals surface area contributed by atoms with Crippen molar-refractivity contribution in [3.05, 3.63) is 78.0 Å². The number of nitrogens with one attached hydrogen (secondary N) is 1. The van der Waals surface area contributed by atoms with Gasteiger partial charge in [-0.25, -0.2) is 0 Å². The zero-order valence-corrected chi connectivity index (χ0v) is 20.0. The maximum Gasteiger partial charge on any atom is 0.250 e. The summed E-state index contributed by atoms with van der Waals surface area (Å²) < 4.78 is 0. The molecule has 0 spiro atoms. The molecule has 7 heteroatoms. The molecule has 0 aliphatic carbocycles. The number of nitrogens with zero attached hydrogens (tertiary/aromatic N) is 2. The summed E-state index contributed by atoms with van der Waals surface area (Å²) in [5.74, 6) is -1.33. The summed E-state index contributed by atoms with van der Waals surface area (Å²) in [6.07, 6.45) is 2.01. The maximum atomic E-state index is 13.6. The van der Waals surface area contributed by atoms with Crippen molar-refractivity contribution in [2.45, 2.75) is 46.2 Å². The molecule has 2 aromatic rings. The fourth-order valence-electron chi connectivity index (χ4n) is 4.10. The molecule has 1 heterocycles. The van der Waals surface area contributed by atoms with Gasteiger partial charge in [-0.05, 0) is 30.4 Å². The standard InChI is InChI=1S/C27H31N3O4/c1-18(2)26-27(34)30(24(16-29(26)20(4)32)22-13-9-6-10-14-22)17-25(33)28-23(19(3)31)15-21-11-7-5-8-12-21/h5-14,16,18,23,26H,15,17H2,1-4H3,(H,28,33)/t23-,26-/m0/s1. The zero-order valence-electron chi connectivity index (χ0n) is 20.0. The second-order valence-electron chi connectivity index (χ2n) is 8.84. The molecule has 2 atom stereocenters. The van der Waals surface area contributed by atoms with Crippen LogP contribution in [0, 0.1) is 5.92 Å². The molecule has 3 amide bonds. The van der Waals surface area contributed by atoms with Gasteiger partial charge in [0.15, 0.2) is 5.78 Å². The summed E-state index contributed by atoms with van der Waals surface area (Å²) in [5, 5.41) is 2.79. The number of carbonyl (C=O) groups excluding carboxylic acids is 4. The number of benzene rings is 2. The fraction of sp³-hybridized carbons (Fsp3) is 0.333. The van der Waals surface area contributed by atoms with Crippen LogP contribution in [0.3, 0.4) is 0 Å². The summed E-state index contributed by atoms with van der Waals surface area (Å²) in [5.41, 5.74) is 2.11. The van der Waals surface area contributed by atoms with Gasteiger partial charge in [0.2, 0.25) is 11.8 Å². The minimum absolute atomic E-state index is 0.154. The van der Waals surface area contributed by atoms with E-state index in [1.807, 2.05) is 74.5 Å². The lowest BCUT2D eigenvalue weighted by atomic mass is 9.97. The molecule has 0 aromatic heterocycles. The van der Waals surface area contributed by atoms with E-state index in [1.165, 1.54) is 23.6 Å². The van der Waals surface area contributed by atoms with Gasteiger partial charge in [0.1, 0.15) is 12.6 Å². The van der Waals surface area contributed by atoms with E-state index >= 15 is 0 Å². The van der Waals surface area contributed by atoms with Crippen LogP contribution >= 0.6 is 0 Å². The molecule has 0 radical (unpaired) electrons. The smallest absolute Gasteiger partial charge is 0.250 e. The Morgan fingerprint density at radius 1 is 0.941 bits per heavy atom. The number of Topliss-reactive ketones (excluding diaryl/α,β-unsaturated/α-hetero) is 1. The molecule has 34 heavy (non-hydrogen) atoms. The van der Waals surface area contributed by atoms with Crippen LogP contribution in [0.5, 0.6) is 0 Å². The zero-order chi connectivity index (χ0) is 24.8. The van der Waals surface area contributed by atoms with Gasteiger partial charge in [0.05, 0.1) is 11.7 Å². The van der Waals surface area contributed by atoms with E-state index in [0.29, 0.717) is 17.7 Å². The highest BCUT2D eigenvalue weighted by Crippen LogP contribution is 2.29. The topological polar surface area (TPSA) is 86.8 Å². The Balaban J connectivity index is 1.89. The van der Waals surface area contributed by atoms with E-state index < -0.39 is 18.0 Å². The molecule has 0 unspecified atom stereocenters. The van der Waals surface area contributed by atoms with Crippen molar-refractivity contribution >= 4 is 29.2 Å². The summed E-state index contributed by atoms with van der Waals surface area (Å²) >= 11 is 0. The first-order chi connectivity index (χ1) is 16.2. The molecule has 1 aliphatic heterocycles. The molecular weight excluding hydrogens is 430 g/mol. The van der Waals surface area contributed by atoms with Crippen LogP contribution in [0.25, 0.3) is 5.70 Å².